The number of rotatable bonds is 9. The van der Waals surface area contributed by atoms with Crippen molar-refractivity contribution in [3.63, 3.8) is 0 Å². The smallest absolute Gasteiger partial charge is 0.327 e. The summed E-state index contributed by atoms with van der Waals surface area (Å²) < 4.78 is 37.7. The Labute approximate surface area is 194 Å². The van der Waals surface area contributed by atoms with E-state index in [0.717, 1.165) is 0 Å². The summed E-state index contributed by atoms with van der Waals surface area (Å²) in [4.78, 5) is 12.5. The molecule has 0 bridgehead atoms. The quantitative estimate of drug-likeness (QED) is 0.545. The van der Waals surface area contributed by atoms with Gasteiger partial charge < -0.3 is 15.2 Å². The summed E-state index contributed by atoms with van der Waals surface area (Å²) in [5, 5.41) is 0. The second-order valence-corrected chi connectivity index (χ2v) is 11.7. The maximum atomic E-state index is 12.5. The van der Waals surface area contributed by atoms with Gasteiger partial charge in [0.15, 0.2) is 0 Å². The van der Waals surface area contributed by atoms with Gasteiger partial charge in [0, 0.05) is 12.1 Å². The first kappa shape index (κ1) is 29.8. The van der Waals surface area contributed by atoms with Gasteiger partial charge in [-0.05, 0) is 38.7 Å². The molecule has 0 saturated carbocycles. The first-order chi connectivity index (χ1) is 13.5. The van der Waals surface area contributed by atoms with Crippen LogP contribution in [0.25, 0.3) is 0 Å². The summed E-state index contributed by atoms with van der Waals surface area (Å²) in [6.07, 6.45) is 0.338. The zero-order chi connectivity index (χ0) is 23.3. The normalized spacial score (nSPS) is 15.7. The van der Waals surface area contributed by atoms with Crippen molar-refractivity contribution in [2.24, 2.45) is 11.1 Å². The van der Waals surface area contributed by atoms with E-state index < -0.39 is 33.7 Å². The monoisotopic (exact) mass is 478 g/mol. The highest BCUT2D eigenvalue weighted by Gasteiger charge is 2.34. The van der Waals surface area contributed by atoms with E-state index in [0.29, 0.717) is 5.56 Å². The molecule has 0 amide bonds. The first-order valence-corrected chi connectivity index (χ1v) is 12.0. The van der Waals surface area contributed by atoms with Gasteiger partial charge in [0.1, 0.15) is 18.8 Å². The summed E-state index contributed by atoms with van der Waals surface area (Å²) in [7, 11) is -3.50. The lowest BCUT2D eigenvalue weighted by Crippen LogP contribution is -2.51. The fourth-order valence-electron chi connectivity index (χ4n) is 2.78. The molecule has 1 rings (SSSR count). The Hall–Kier alpha value is -1.19. The maximum absolute atomic E-state index is 12.5. The lowest BCUT2D eigenvalue weighted by atomic mass is 9.90. The van der Waals surface area contributed by atoms with Crippen LogP contribution in [0, 0.1) is 5.41 Å². The van der Waals surface area contributed by atoms with E-state index in [9.17, 15) is 13.2 Å². The number of hydrogen-bond donors (Lipinski definition) is 1. The number of nitrogens with two attached hydrogens (primary N) is 1. The summed E-state index contributed by atoms with van der Waals surface area (Å²) in [6.45, 7) is 13.4. The summed E-state index contributed by atoms with van der Waals surface area (Å²) in [5.41, 5.74) is 5.85. The number of carbonyl (C=O) groups is 1. The summed E-state index contributed by atoms with van der Waals surface area (Å²) in [5.74, 6) is -0.583. The maximum Gasteiger partial charge on any atom is 0.327 e. The van der Waals surface area contributed by atoms with Crippen LogP contribution >= 0.6 is 12.4 Å². The second kappa shape index (κ2) is 11.6. The summed E-state index contributed by atoms with van der Waals surface area (Å²) >= 11 is 0. The molecule has 0 radical (unpaired) electrons. The molecule has 0 saturated heterocycles. The first-order valence-electron chi connectivity index (χ1n) is 10.1. The van der Waals surface area contributed by atoms with E-state index in [1.807, 2.05) is 54.5 Å². The Balaban J connectivity index is 0.00000900. The van der Waals surface area contributed by atoms with Crippen LogP contribution in [0.1, 0.15) is 60.1 Å². The molecule has 0 aromatic heterocycles. The Morgan fingerprint density at radius 3 is 2.03 bits per heavy atom. The zero-order valence-corrected chi connectivity index (χ0v) is 21.5. The Morgan fingerprint density at radius 2 is 1.61 bits per heavy atom. The molecule has 7 nitrogen and oxygen atoms in total. The molecule has 3 atom stereocenters. The van der Waals surface area contributed by atoms with Crippen molar-refractivity contribution >= 4 is 28.4 Å². The number of nitrogens with zero attached hydrogens (tertiary/aromatic N) is 1. The van der Waals surface area contributed by atoms with Crippen molar-refractivity contribution in [3.05, 3.63) is 35.9 Å². The van der Waals surface area contributed by atoms with Crippen LogP contribution in [-0.4, -0.2) is 55.8 Å². The van der Waals surface area contributed by atoms with Crippen molar-refractivity contribution in [1.82, 2.24) is 4.31 Å². The SMILES string of the molecule is C[C@H](O[C@H](COC(=O)[C@@H](N)c1ccccc1)CN(C(C)(C)C)S(C)(=O)=O)C(C)(C)C.Cl. The van der Waals surface area contributed by atoms with Gasteiger partial charge in [0.2, 0.25) is 10.0 Å². The lowest BCUT2D eigenvalue weighted by Gasteiger charge is -2.38. The third kappa shape index (κ3) is 9.87. The minimum Gasteiger partial charge on any atom is -0.461 e. The van der Waals surface area contributed by atoms with Crippen LogP contribution in [0.4, 0.5) is 0 Å². The van der Waals surface area contributed by atoms with Crippen LogP contribution in [-0.2, 0) is 24.3 Å². The molecule has 0 heterocycles. The van der Waals surface area contributed by atoms with Gasteiger partial charge >= 0.3 is 5.97 Å². The molecule has 0 aliphatic rings. The molecule has 0 spiro atoms. The van der Waals surface area contributed by atoms with Crippen LogP contribution in [0.3, 0.4) is 0 Å². The molecule has 2 N–H and O–H groups in total. The van der Waals surface area contributed by atoms with Crippen molar-refractivity contribution in [3.8, 4) is 0 Å². The molecule has 0 aliphatic carbocycles. The average Bonchev–Trinajstić information content (AvgIpc) is 2.60. The van der Waals surface area contributed by atoms with Crippen LogP contribution in [0.5, 0.6) is 0 Å². The van der Waals surface area contributed by atoms with Crippen LogP contribution in [0.2, 0.25) is 0 Å². The van der Waals surface area contributed by atoms with Crippen LogP contribution in [0.15, 0.2) is 30.3 Å². The number of ether oxygens (including phenoxy) is 2. The molecule has 0 aliphatic heterocycles. The third-order valence-electron chi connectivity index (χ3n) is 4.96. The number of esters is 1. The van der Waals surface area contributed by atoms with Gasteiger partial charge in [-0.15, -0.1) is 12.4 Å². The molecule has 31 heavy (non-hydrogen) atoms. The standard InChI is InChI=1S/C22H38N2O5S.ClH/c1-16(21(2,3)4)29-18(14-24(22(5,6)7)30(8,26)27)15-28-20(25)19(23)17-12-10-9-11-13-17;/h9-13,16,18-19H,14-15,23H2,1-8H3;1H/t16-,18-,19-;/m0./s1. The van der Waals surface area contributed by atoms with E-state index >= 15 is 0 Å². The van der Waals surface area contributed by atoms with Gasteiger partial charge in [-0.3, -0.25) is 0 Å². The molecular weight excluding hydrogens is 440 g/mol. The van der Waals surface area contributed by atoms with E-state index in [1.165, 1.54) is 10.6 Å². The molecule has 0 fully saturated rings. The van der Waals surface area contributed by atoms with Gasteiger partial charge in [-0.2, -0.15) is 4.31 Å². The highest BCUT2D eigenvalue weighted by atomic mass is 35.5. The highest BCUT2D eigenvalue weighted by Crippen LogP contribution is 2.25. The predicted molar refractivity (Wildman–Crippen MR) is 127 cm³/mol. The van der Waals surface area contributed by atoms with Crippen molar-refractivity contribution in [2.75, 3.05) is 19.4 Å². The minimum atomic E-state index is -3.50. The third-order valence-corrected chi connectivity index (χ3v) is 6.46. The Morgan fingerprint density at radius 1 is 1.10 bits per heavy atom. The van der Waals surface area contributed by atoms with E-state index in [2.05, 4.69) is 0 Å². The molecule has 180 valence electrons. The number of hydrogen-bond acceptors (Lipinski definition) is 6. The molecular formula is C22H39ClN2O5S. The number of carbonyl (C=O) groups excluding carboxylic acids is 1. The number of halogens is 1. The number of benzene rings is 1. The molecule has 1 aromatic rings. The van der Waals surface area contributed by atoms with Crippen molar-refractivity contribution in [2.45, 2.75) is 72.3 Å². The second-order valence-electron chi connectivity index (χ2n) is 9.75. The molecule has 1 aromatic carbocycles. The lowest BCUT2D eigenvalue weighted by molar-refractivity contribution is -0.154. The van der Waals surface area contributed by atoms with Gasteiger partial charge in [0.25, 0.3) is 0 Å². The van der Waals surface area contributed by atoms with Gasteiger partial charge in [0.05, 0.1) is 12.4 Å². The summed E-state index contributed by atoms with van der Waals surface area (Å²) in [6, 6.07) is 8.03. The topological polar surface area (TPSA) is 98.9 Å². The van der Waals surface area contributed by atoms with E-state index in [1.54, 1.807) is 24.3 Å². The number of sulfonamides is 1. The largest absolute Gasteiger partial charge is 0.461 e. The zero-order valence-electron chi connectivity index (χ0n) is 19.9. The van der Waals surface area contributed by atoms with Crippen molar-refractivity contribution < 1.29 is 22.7 Å². The van der Waals surface area contributed by atoms with Gasteiger partial charge in [-0.25, -0.2) is 13.2 Å². The van der Waals surface area contributed by atoms with Crippen molar-refractivity contribution in [1.29, 1.82) is 0 Å². The Bertz CT molecular complexity index is 788. The highest BCUT2D eigenvalue weighted by molar-refractivity contribution is 7.88. The minimum absolute atomic E-state index is 0. The fraction of sp³-hybridized carbons (Fsp3) is 0.682. The molecule has 9 heteroatoms. The Kier molecular flexibility index (Phi) is 11.2. The average molecular weight is 479 g/mol. The van der Waals surface area contributed by atoms with Crippen LogP contribution < -0.4 is 5.73 Å². The van der Waals surface area contributed by atoms with Gasteiger partial charge in [-0.1, -0.05) is 51.1 Å². The molecule has 0 unspecified atom stereocenters. The fourth-order valence-corrected chi connectivity index (χ4v) is 4.21. The van der Waals surface area contributed by atoms with E-state index in [4.69, 9.17) is 15.2 Å². The van der Waals surface area contributed by atoms with E-state index in [-0.39, 0.29) is 37.1 Å². The predicted octanol–water partition coefficient (Wildman–Crippen LogP) is 3.53.